The summed E-state index contributed by atoms with van der Waals surface area (Å²) in [7, 11) is 0. The fourth-order valence-corrected chi connectivity index (χ4v) is 1.65. The molecule has 0 aliphatic rings. The minimum atomic E-state index is -2.39. The Labute approximate surface area is 110 Å². The van der Waals surface area contributed by atoms with Crippen LogP contribution in [0.1, 0.15) is 24.2 Å². The molecule has 1 rings (SSSR count). The summed E-state index contributed by atoms with van der Waals surface area (Å²) in [5, 5.41) is 20.8. The highest BCUT2D eigenvalue weighted by molar-refractivity contribution is 5.95. The first-order valence-electron chi connectivity index (χ1n) is 5.72. The van der Waals surface area contributed by atoms with Crippen LogP contribution in [0.3, 0.4) is 0 Å². The molecule has 0 saturated carbocycles. The number of hydrogen-bond donors (Lipinski definition) is 3. The third kappa shape index (κ3) is 3.51. The van der Waals surface area contributed by atoms with Crippen molar-refractivity contribution in [3.63, 3.8) is 0 Å². The number of carboxylic acid groups (broad SMARTS) is 1. The lowest BCUT2D eigenvalue weighted by molar-refractivity contribution is -0.161. The highest BCUT2D eigenvalue weighted by atomic mass is 19.1. The Bertz CT molecular complexity index is 459. The van der Waals surface area contributed by atoms with Gasteiger partial charge in [-0.25, -0.2) is 9.18 Å². The average Bonchev–Trinajstić information content (AvgIpc) is 2.35. The van der Waals surface area contributed by atoms with E-state index in [0.717, 1.165) is 13.8 Å². The van der Waals surface area contributed by atoms with Gasteiger partial charge in [0, 0.05) is 5.56 Å². The molecule has 19 heavy (non-hydrogen) atoms. The number of nitrogens with one attached hydrogen (secondary N) is 1. The largest absolute Gasteiger partial charge is 0.479 e. The predicted octanol–water partition coefficient (Wildman–Crippen LogP) is 0.979. The van der Waals surface area contributed by atoms with Crippen molar-refractivity contribution in [3.8, 4) is 0 Å². The number of carbonyl (C=O) groups is 2. The van der Waals surface area contributed by atoms with Gasteiger partial charge in [0.2, 0.25) is 0 Å². The van der Waals surface area contributed by atoms with Crippen LogP contribution in [-0.4, -0.2) is 39.9 Å². The Morgan fingerprint density at radius 2 is 1.84 bits per heavy atom. The lowest BCUT2D eigenvalue weighted by atomic mass is 9.93. The molecule has 0 unspecified atom stereocenters. The molecule has 0 saturated heterocycles. The normalized spacial score (nSPS) is 17.1. The first kappa shape index (κ1) is 15.1. The molecule has 0 aliphatic heterocycles. The van der Waals surface area contributed by atoms with Crippen molar-refractivity contribution in [2.45, 2.75) is 31.7 Å². The third-order valence-corrected chi connectivity index (χ3v) is 2.82. The van der Waals surface area contributed by atoms with Crippen LogP contribution in [-0.2, 0) is 4.79 Å². The van der Waals surface area contributed by atoms with Crippen LogP contribution >= 0.6 is 0 Å². The summed E-state index contributed by atoms with van der Waals surface area (Å²) < 4.78 is 13.5. The SMILES string of the molecule is C[C@H](F)[C@H](NC(=O)c1ccccc1)[C@@](C)(O)C(=O)O. The molecule has 0 fully saturated rings. The van der Waals surface area contributed by atoms with Crippen molar-refractivity contribution in [1.82, 2.24) is 5.32 Å². The quantitative estimate of drug-likeness (QED) is 0.743. The molecular weight excluding hydrogens is 253 g/mol. The third-order valence-electron chi connectivity index (χ3n) is 2.82. The van der Waals surface area contributed by atoms with E-state index in [0.29, 0.717) is 0 Å². The summed E-state index contributed by atoms with van der Waals surface area (Å²) in [6.07, 6.45) is -1.72. The van der Waals surface area contributed by atoms with Gasteiger partial charge in [0.25, 0.3) is 5.91 Å². The Kier molecular flexibility index (Phi) is 4.61. The second-order valence-electron chi connectivity index (χ2n) is 4.45. The minimum absolute atomic E-state index is 0.259. The van der Waals surface area contributed by atoms with Crippen LogP contribution in [0.2, 0.25) is 0 Å². The van der Waals surface area contributed by atoms with Gasteiger partial charge in [0.1, 0.15) is 6.17 Å². The van der Waals surface area contributed by atoms with E-state index < -0.39 is 29.7 Å². The van der Waals surface area contributed by atoms with Gasteiger partial charge in [-0.15, -0.1) is 0 Å². The van der Waals surface area contributed by atoms with Crippen molar-refractivity contribution < 1.29 is 24.2 Å². The standard InChI is InChI=1S/C13H16FNO4/c1-8(14)10(13(2,19)12(17)18)15-11(16)9-6-4-3-5-7-9/h3-8,10,19H,1-2H3,(H,15,16)(H,17,18)/t8-,10-,13+/m0/s1. The molecule has 0 heterocycles. The van der Waals surface area contributed by atoms with E-state index in [-0.39, 0.29) is 5.56 Å². The van der Waals surface area contributed by atoms with Crippen molar-refractivity contribution >= 4 is 11.9 Å². The molecule has 1 aromatic carbocycles. The molecule has 104 valence electrons. The molecule has 0 aromatic heterocycles. The van der Waals surface area contributed by atoms with Crippen LogP contribution in [0.5, 0.6) is 0 Å². The molecule has 6 heteroatoms. The number of amides is 1. The Hall–Kier alpha value is -1.95. The second-order valence-corrected chi connectivity index (χ2v) is 4.45. The van der Waals surface area contributed by atoms with Gasteiger partial charge in [-0.05, 0) is 26.0 Å². The number of benzene rings is 1. The molecule has 0 bridgehead atoms. The van der Waals surface area contributed by atoms with Crippen LogP contribution in [0, 0.1) is 0 Å². The summed E-state index contributed by atoms with van der Waals surface area (Å²) in [5.74, 6) is -2.24. The topological polar surface area (TPSA) is 86.6 Å². The summed E-state index contributed by atoms with van der Waals surface area (Å²) in [5.41, 5.74) is -2.13. The van der Waals surface area contributed by atoms with Crippen molar-refractivity contribution in [1.29, 1.82) is 0 Å². The minimum Gasteiger partial charge on any atom is -0.479 e. The van der Waals surface area contributed by atoms with Crippen LogP contribution in [0.4, 0.5) is 4.39 Å². The van der Waals surface area contributed by atoms with Gasteiger partial charge < -0.3 is 15.5 Å². The number of aliphatic carboxylic acids is 1. The molecule has 3 N–H and O–H groups in total. The van der Waals surface area contributed by atoms with Gasteiger partial charge in [-0.2, -0.15) is 0 Å². The highest BCUT2D eigenvalue weighted by Crippen LogP contribution is 2.17. The Morgan fingerprint density at radius 3 is 2.26 bits per heavy atom. The number of hydrogen-bond acceptors (Lipinski definition) is 3. The number of carbonyl (C=O) groups excluding carboxylic acids is 1. The summed E-state index contributed by atoms with van der Waals surface area (Å²) >= 11 is 0. The van der Waals surface area contributed by atoms with Gasteiger partial charge in [0.05, 0.1) is 6.04 Å². The zero-order chi connectivity index (χ0) is 14.6. The predicted molar refractivity (Wildman–Crippen MR) is 66.5 cm³/mol. The van der Waals surface area contributed by atoms with Gasteiger partial charge in [-0.1, -0.05) is 18.2 Å². The zero-order valence-corrected chi connectivity index (χ0v) is 10.6. The maximum Gasteiger partial charge on any atom is 0.337 e. The number of aliphatic hydroxyl groups is 1. The smallest absolute Gasteiger partial charge is 0.337 e. The number of carboxylic acids is 1. The number of halogens is 1. The van der Waals surface area contributed by atoms with E-state index in [9.17, 15) is 19.1 Å². The Balaban J connectivity index is 2.92. The van der Waals surface area contributed by atoms with Crippen molar-refractivity contribution in [2.75, 3.05) is 0 Å². The molecule has 0 radical (unpaired) electrons. The number of rotatable bonds is 5. The van der Waals surface area contributed by atoms with E-state index >= 15 is 0 Å². The van der Waals surface area contributed by atoms with E-state index in [1.165, 1.54) is 12.1 Å². The summed E-state index contributed by atoms with van der Waals surface area (Å²) in [6, 6.07) is 6.42. The van der Waals surface area contributed by atoms with E-state index in [1.807, 2.05) is 0 Å². The molecule has 0 aliphatic carbocycles. The van der Waals surface area contributed by atoms with Gasteiger partial charge in [0.15, 0.2) is 5.60 Å². The van der Waals surface area contributed by atoms with Crippen molar-refractivity contribution in [2.24, 2.45) is 0 Å². The van der Waals surface area contributed by atoms with Crippen molar-refractivity contribution in [3.05, 3.63) is 35.9 Å². The first-order chi connectivity index (χ1) is 8.76. The summed E-state index contributed by atoms with van der Waals surface area (Å²) in [4.78, 5) is 22.8. The molecule has 3 atom stereocenters. The van der Waals surface area contributed by atoms with Crippen LogP contribution in [0.15, 0.2) is 30.3 Å². The second kappa shape index (κ2) is 5.79. The summed E-state index contributed by atoms with van der Waals surface area (Å²) in [6.45, 7) is 2.02. The monoisotopic (exact) mass is 269 g/mol. The van der Waals surface area contributed by atoms with E-state index in [4.69, 9.17) is 5.11 Å². The molecule has 5 nitrogen and oxygen atoms in total. The molecule has 1 amide bonds. The molecule has 1 aromatic rings. The number of alkyl halides is 1. The van der Waals surface area contributed by atoms with Crippen LogP contribution < -0.4 is 5.32 Å². The highest BCUT2D eigenvalue weighted by Gasteiger charge is 2.43. The lowest BCUT2D eigenvalue weighted by Gasteiger charge is -2.30. The first-order valence-corrected chi connectivity index (χ1v) is 5.72. The van der Waals surface area contributed by atoms with Gasteiger partial charge >= 0.3 is 5.97 Å². The van der Waals surface area contributed by atoms with Gasteiger partial charge in [-0.3, -0.25) is 4.79 Å². The zero-order valence-electron chi connectivity index (χ0n) is 10.6. The fraction of sp³-hybridized carbons (Fsp3) is 0.385. The fourth-order valence-electron chi connectivity index (χ4n) is 1.65. The maximum atomic E-state index is 13.5. The Morgan fingerprint density at radius 1 is 1.32 bits per heavy atom. The lowest BCUT2D eigenvalue weighted by Crippen LogP contribution is -2.59. The molecular formula is C13H16FNO4. The van der Waals surface area contributed by atoms with Crippen LogP contribution in [0.25, 0.3) is 0 Å². The molecule has 0 spiro atoms. The van der Waals surface area contributed by atoms with E-state index in [1.54, 1.807) is 18.2 Å². The average molecular weight is 269 g/mol. The van der Waals surface area contributed by atoms with E-state index in [2.05, 4.69) is 5.32 Å². The maximum absolute atomic E-state index is 13.5.